The molecule has 6 nitrogen and oxygen atoms in total. The van der Waals surface area contributed by atoms with Gasteiger partial charge in [0.15, 0.2) is 0 Å². The van der Waals surface area contributed by atoms with Crippen molar-refractivity contribution in [2.45, 2.75) is 39.9 Å². The van der Waals surface area contributed by atoms with Gasteiger partial charge >= 0.3 is 305 Å². The Morgan fingerprint density at radius 1 is 0.443 bits per heavy atom. The third kappa shape index (κ3) is 7.42. The Hall–Kier alpha value is -9.09. The molecule has 5 aromatic heterocycles. The topological polar surface area (TPSA) is 41.3 Å². The Balaban J connectivity index is 0.936. The Kier molecular flexibility index (Phi) is 9.35. The molecule has 7 heteroatoms. The number of fused-ring (bicyclic) bond motifs is 10. The summed E-state index contributed by atoms with van der Waals surface area (Å²) < 4.78 is 70.2. The van der Waals surface area contributed by atoms with Crippen molar-refractivity contribution in [3.8, 4) is 62.1 Å². The van der Waals surface area contributed by atoms with E-state index in [1.165, 1.54) is 5.39 Å². The molecule has 382 valence electrons. The fourth-order valence-corrected chi connectivity index (χ4v) is 13.2. The van der Waals surface area contributed by atoms with E-state index in [1.54, 1.807) is 18.3 Å². The van der Waals surface area contributed by atoms with Crippen LogP contribution in [0, 0.1) is 17.5 Å². The van der Waals surface area contributed by atoms with Gasteiger partial charge in [-0.25, -0.2) is 0 Å². The first-order valence-corrected chi connectivity index (χ1v) is 27.6. The molecule has 79 heavy (non-hydrogen) atoms. The van der Waals surface area contributed by atoms with Crippen molar-refractivity contribution in [3.05, 3.63) is 251 Å². The molecule has 0 amide bonds. The normalized spacial score (nSPS) is 13.6. The van der Waals surface area contributed by atoms with Crippen LogP contribution in [0.4, 0.5) is 0 Å². The second-order valence-corrected chi connectivity index (χ2v) is 22.5. The second kappa shape index (κ2) is 18.0. The predicted octanol–water partition coefficient (Wildman–Crippen LogP) is 18.8. The van der Waals surface area contributed by atoms with E-state index >= 15 is 0 Å². The average Bonchev–Trinajstić information content (AvgIpc) is 1.57. The fourth-order valence-electron chi connectivity index (χ4n) is 12.1. The van der Waals surface area contributed by atoms with Crippen molar-refractivity contribution in [2.75, 3.05) is 0 Å². The minimum atomic E-state index is -2.55. The van der Waals surface area contributed by atoms with Crippen LogP contribution in [0.1, 0.15) is 45.7 Å². The quantitative estimate of drug-likeness (QED) is 0.152. The van der Waals surface area contributed by atoms with Crippen LogP contribution in [0.15, 0.2) is 231 Å². The van der Waals surface area contributed by atoms with Crippen LogP contribution in [-0.2, 0) is 24.8 Å². The molecule has 15 rings (SSSR count). The molecule has 0 aliphatic carbocycles. The van der Waals surface area contributed by atoms with Crippen LogP contribution in [0.2, 0.25) is 0 Å². The van der Waals surface area contributed by atoms with Gasteiger partial charge in [-0.3, -0.25) is 0 Å². The molecule has 0 aliphatic heterocycles. The van der Waals surface area contributed by atoms with E-state index in [4.69, 9.17) is 17.9 Å². The molecule has 15 aromatic rings. The number of aryl methyl sites for hydroxylation is 2. The first kappa shape index (κ1) is 41.1. The minimum Gasteiger partial charge on any atom is 0.0620 e. The summed E-state index contributed by atoms with van der Waals surface area (Å²) >= 11 is 2.40. The van der Waals surface area contributed by atoms with Crippen molar-refractivity contribution in [2.24, 2.45) is 0 Å². The van der Waals surface area contributed by atoms with Gasteiger partial charge in [0.25, 0.3) is 0 Å². The fraction of sp³-hybridized carbons (Fsp3) is 0.0833. The van der Waals surface area contributed by atoms with Crippen molar-refractivity contribution in [1.82, 2.24) is 23.1 Å². The van der Waals surface area contributed by atoms with Crippen molar-refractivity contribution in [1.29, 1.82) is 0 Å². The van der Waals surface area contributed by atoms with Gasteiger partial charge in [0.05, 0.1) is 16.6 Å². The summed E-state index contributed by atoms with van der Waals surface area (Å²) in [5, 5.41) is 6.35. The summed E-state index contributed by atoms with van der Waals surface area (Å²) in [6.45, 7) is 1.41. The Labute approximate surface area is 476 Å². The van der Waals surface area contributed by atoms with Gasteiger partial charge in [0.1, 0.15) is 0 Å². The molecule has 0 N–H and O–H groups in total. The number of hydrogen-bond donors (Lipinski definition) is 0. The number of hydrogen-bond acceptors (Lipinski definition) is 2. The van der Waals surface area contributed by atoms with Crippen molar-refractivity contribution >= 4 is 70.9 Å². The number of aromatic nitrogens is 5. The second-order valence-electron chi connectivity index (χ2n) is 21.5. The standard InChI is InChI=1S/C72H53N5O.Pt/c1-45-30-35-51(74-44-75(64-29-15-14-28-63(64)74)70-53(47-18-8-6-9-19-47)23-16-24-54(70)48-20-10-7-11-21-48)39-68(45)78-52-36-37-56-59-41-60-58-26-17-25-57-55-22-12-13-27-62(55)77(71(57)58)67(60)42-66(59)76(65(56)40-52)69-38-46(2)61(43-73-69)49-31-33-50(34-32-49)72(3,4)5;/h6-43H,1-5H3;/i1D3,2D3;. The zero-order valence-corrected chi connectivity index (χ0v) is 45.7. The Morgan fingerprint density at radius 3 is 1.75 bits per heavy atom. The molecule has 0 radical (unpaired) electrons. The van der Waals surface area contributed by atoms with Crippen LogP contribution < -0.4 is 4.74 Å². The van der Waals surface area contributed by atoms with E-state index < -0.39 is 13.7 Å². The van der Waals surface area contributed by atoms with E-state index in [9.17, 15) is 0 Å². The number of nitrogens with zero attached hydrogens (tertiary/aromatic N) is 5. The predicted molar refractivity (Wildman–Crippen MR) is 324 cm³/mol. The van der Waals surface area contributed by atoms with Gasteiger partial charge in [-0.1, -0.05) is 81.4 Å². The molecule has 0 saturated heterocycles. The molecule has 0 saturated carbocycles. The molecule has 10 aromatic carbocycles. The summed E-state index contributed by atoms with van der Waals surface area (Å²) in [6.07, 6.45) is 1.68. The number of pyridine rings is 1. The first-order chi connectivity index (χ1) is 41.0. The first-order valence-electron chi connectivity index (χ1n) is 29.5. The van der Waals surface area contributed by atoms with Crippen LogP contribution in [-0.4, -0.2) is 23.1 Å². The number of para-hydroxylation sites is 5. The van der Waals surface area contributed by atoms with Gasteiger partial charge in [-0.05, 0) is 35.0 Å². The van der Waals surface area contributed by atoms with Crippen LogP contribution in [0.5, 0.6) is 11.5 Å². The molecular weight excluding hydrogens is 1150 g/mol. The molecule has 0 bridgehead atoms. The number of ether oxygens (including phenoxy) is 1. The maximum Gasteiger partial charge on any atom is 0.0620 e. The van der Waals surface area contributed by atoms with Gasteiger partial charge in [0.2, 0.25) is 0 Å². The summed E-state index contributed by atoms with van der Waals surface area (Å²) in [5.74, 6) is 0.958. The molecule has 0 spiro atoms. The number of imidazole rings is 1. The molecule has 0 aliphatic rings. The van der Waals surface area contributed by atoms with Crippen LogP contribution in [0.3, 0.4) is 0 Å². The zero-order valence-electron chi connectivity index (χ0n) is 49.4. The van der Waals surface area contributed by atoms with Crippen molar-refractivity contribution in [3.63, 3.8) is 0 Å². The van der Waals surface area contributed by atoms with Crippen LogP contribution >= 0.6 is 0 Å². The largest absolute Gasteiger partial charge is 0.0620 e. The molecule has 5 heterocycles. The average molecular weight is 1210 g/mol. The van der Waals surface area contributed by atoms with Crippen molar-refractivity contribution < 1.29 is 32.3 Å². The Morgan fingerprint density at radius 2 is 1.04 bits per heavy atom. The number of benzene rings is 10. The summed E-state index contributed by atoms with van der Waals surface area (Å²) in [5.41, 5.74) is 15.1. The van der Waals surface area contributed by atoms with Gasteiger partial charge in [0, 0.05) is 37.4 Å². The number of rotatable bonds is 8. The van der Waals surface area contributed by atoms with Gasteiger partial charge < -0.3 is 4.40 Å². The third-order valence-corrected chi connectivity index (χ3v) is 16.9. The molecule has 0 atom stereocenters. The van der Waals surface area contributed by atoms with Gasteiger partial charge in [-0.2, -0.15) is 0 Å². The summed E-state index contributed by atoms with van der Waals surface area (Å²) in [7, 11) is 0. The van der Waals surface area contributed by atoms with Gasteiger partial charge in [-0.15, -0.1) is 0 Å². The third-order valence-electron chi connectivity index (χ3n) is 15.8. The van der Waals surface area contributed by atoms with E-state index in [2.05, 4.69) is 199 Å². The summed E-state index contributed by atoms with van der Waals surface area (Å²) in [4.78, 5) is 5.15. The van der Waals surface area contributed by atoms with E-state index in [0.29, 0.717) is 28.3 Å². The molecule has 0 fully saturated rings. The zero-order chi connectivity index (χ0) is 58.3. The minimum absolute atomic E-state index is 0.0488. The smallest absolute Gasteiger partial charge is 0.0620 e. The summed E-state index contributed by atoms with van der Waals surface area (Å²) in [6, 6.07) is 75.8. The maximum atomic E-state index is 8.98. The Bertz CT molecular complexity index is 5190. The maximum absolute atomic E-state index is 8.98. The monoisotopic (exact) mass is 1200 g/mol. The van der Waals surface area contributed by atoms with Crippen LogP contribution in [0.25, 0.3) is 122 Å². The molecular formula is C72H53N5OPt. The van der Waals surface area contributed by atoms with E-state index in [1.807, 2.05) is 71.3 Å². The van der Waals surface area contributed by atoms with E-state index in [-0.39, 0.29) is 22.3 Å². The molecule has 0 unspecified atom stereocenters. The van der Waals surface area contributed by atoms with E-state index in [0.717, 1.165) is 103 Å². The SMILES string of the molecule is [2H]C([2H])([2H])c1ccc(-n2[c](=[Pt])n(-c3c(-c4ccccc4)cccc3-c3ccccc3)c3ccccc32)cc1Oc1ccc2c3cc4c5cccc6c7ccccc7n(c4cc3n(-c3cc(C([2H])([2H])[2H])c(-c4ccc(C(C)(C)C)cc4)cn3)c2c1)c65.